The summed E-state index contributed by atoms with van der Waals surface area (Å²) in [4.78, 5) is 4.34. The first kappa shape index (κ1) is 13.0. The summed E-state index contributed by atoms with van der Waals surface area (Å²) in [7, 11) is -0.907. The molecule has 0 aliphatic rings. The van der Waals surface area contributed by atoms with Gasteiger partial charge in [0, 0.05) is 34.5 Å². The summed E-state index contributed by atoms with van der Waals surface area (Å²) in [6, 6.07) is 5.45. The van der Waals surface area contributed by atoms with Crippen molar-refractivity contribution in [1.29, 1.82) is 0 Å². The fraction of sp³-hybridized carbons (Fsp3) is 0.417. The minimum Gasteiger partial charge on any atom is -0.399 e. The third-order valence-corrected chi connectivity index (χ3v) is 4.28. The Morgan fingerprint density at radius 1 is 1.56 bits per heavy atom. The van der Waals surface area contributed by atoms with E-state index in [0.717, 1.165) is 11.0 Å². The first-order valence-electron chi connectivity index (χ1n) is 5.70. The van der Waals surface area contributed by atoms with Crippen LogP contribution in [-0.2, 0) is 24.0 Å². The van der Waals surface area contributed by atoms with Crippen molar-refractivity contribution in [3.63, 3.8) is 0 Å². The molecule has 2 atom stereocenters. The second-order valence-corrected chi connectivity index (χ2v) is 6.16. The monoisotopic (exact) mass is 267 g/mol. The molecule has 1 heterocycles. The number of benzene rings is 1. The molecule has 1 aromatic heterocycles. The fourth-order valence-corrected chi connectivity index (χ4v) is 2.24. The third-order valence-electron chi connectivity index (χ3n) is 3.00. The minimum absolute atomic E-state index is 0.00486. The summed E-state index contributed by atoms with van der Waals surface area (Å²) in [5.74, 6) is 0.577. The number of nitrogens with two attached hydrogens (primary N) is 1. The summed E-state index contributed by atoms with van der Waals surface area (Å²) in [6.45, 7) is 2.34. The van der Waals surface area contributed by atoms with E-state index < -0.39 is 10.8 Å². The van der Waals surface area contributed by atoms with Crippen LogP contribution in [0.15, 0.2) is 18.2 Å². The normalized spacial score (nSPS) is 14.8. The van der Waals surface area contributed by atoms with Crippen LogP contribution in [0.3, 0.4) is 0 Å². The summed E-state index contributed by atoms with van der Waals surface area (Å²) in [6.07, 6.45) is 1.68. The van der Waals surface area contributed by atoms with Crippen LogP contribution in [0.1, 0.15) is 12.7 Å². The second-order valence-electron chi connectivity index (χ2n) is 4.35. The number of aromatic nitrogens is 2. The van der Waals surface area contributed by atoms with Gasteiger partial charge in [0.25, 0.3) is 0 Å². The zero-order chi connectivity index (χ0) is 13.3. The van der Waals surface area contributed by atoms with Gasteiger partial charge >= 0.3 is 0 Å². The molecule has 2 aromatic rings. The third kappa shape index (κ3) is 2.39. The molecule has 0 saturated carbocycles. The van der Waals surface area contributed by atoms with E-state index >= 15 is 0 Å². The first-order chi connectivity index (χ1) is 8.52. The van der Waals surface area contributed by atoms with Gasteiger partial charge in [0.2, 0.25) is 0 Å². The van der Waals surface area contributed by atoms with Crippen molar-refractivity contribution in [2.45, 2.75) is 25.3 Å². The zero-order valence-electron chi connectivity index (χ0n) is 10.5. The van der Waals surface area contributed by atoms with Crippen LogP contribution in [-0.4, -0.2) is 30.4 Å². The number of hydrogen-bond donors (Lipinski definition) is 2. The molecule has 98 valence electrons. The largest absolute Gasteiger partial charge is 0.399 e. The maximum absolute atomic E-state index is 11.5. The summed E-state index contributed by atoms with van der Waals surface area (Å²) in [5, 5.41) is 9.35. The van der Waals surface area contributed by atoms with Crippen LogP contribution >= 0.6 is 0 Å². The van der Waals surface area contributed by atoms with Crippen molar-refractivity contribution in [2.75, 3.05) is 12.0 Å². The highest BCUT2D eigenvalue weighted by atomic mass is 32.2. The number of aliphatic hydroxyl groups is 1. The van der Waals surface area contributed by atoms with Crippen LogP contribution in [0.5, 0.6) is 0 Å². The van der Waals surface area contributed by atoms with Gasteiger partial charge in [-0.15, -0.1) is 0 Å². The van der Waals surface area contributed by atoms with E-state index in [0.29, 0.717) is 18.1 Å². The number of aliphatic hydroxyl groups excluding tert-OH is 1. The Morgan fingerprint density at radius 2 is 2.28 bits per heavy atom. The van der Waals surface area contributed by atoms with Gasteiger partial charge in [-0.2, -0.15) is 0 Å². The molecular weight excluding hydrogens is 250 g/mol. The molecule has 0 amide bonds. The molecule has 6 heteroatoms. The Balaban J connectivity index is 2.50. The molecular formula is C12H17N3O2S. The molecule has 0 aliphatic heterocycles. The number of imidazole rings is 1. The Bertz CT molecular complexity index is 594. The number of rotatable bonds is 4. The van der Waals surface area contributed by atoms with Crippen molar-refractivity contribution >= 4 is 27.5 Å². The van der Waals surface area contributed by atoms with Crippen LogP contribution in [0.25, 0.3) is 11.0 Å². The topological polar surface area (TPSA) is 81.1 Å². The summed E-state index contributed by atoms with van der Waals surface area (Å²) >= 11 is 0. The van der Waals surface area contributed by atoms with Crippen molar-refractivity contribution < 1.29 is 9.32 Å². The van der Waals surface area contributed by atoms with E-state index in [2.05, 4.69) is 4.98 Å². The maximum Gasteiger partial charge on any atom is 0.135 e. The van der Waals surface area contributed by atoms with Gasteiger partial charge in [0.1, 0.15) is 12.4 Å². The average molecular weight is 267 g/mol. The van der Waals surface area contributed by atoms with Crippen LogP contribution in [0.4, 0.5) is 5.69 Å². The van der Waals surface area contributed by atoms with Crippen molar-refractivity contribution in [2.24, 2.45) is 0 Å². The Labute approximate surface area is 108 Å². The zero-order valence-corrected chi connectivity index (χ0v) is 11.3. The van der Waals surface area contributed by atoms with Gasteiger partial charge in [0.05, 0.1) is 11.0 Å². The van der Waals surface area contributed by atoms with Crippen LogP contribution in [0, 0.1) is 0 Å². The van der Waals surface area contributed by atoms with Gasteiger partial charge < -0.3 is 15.4 Å². The maximum atomic E-state index is 11.5. The lowest BCUT2D eigenvalue weighted by atomic mass is 10.3. The van der Waals surface area contributed by atoms with E-state index in [4.69, 9.17) is 5.73 Å². The van der Waals surface area contributed by atoms with Crippen molar-refractivity contribution in [1.82, 2.24) is 9.55 Å². The molecule has 5 nitrogen and oxygen atoms in total. The predicted octanol–water partition coefficient (Wildman–Crippen LogP) is 0.878. The minimum atomic E-state index is -0.907. The lowest BCUT2D eigenvalue weighted by Gasteiger charge is -2.12. The number of anilines is 1. The molecule has 0 aliphatic carbocycles. The van der Waals surface area contributed by atoms with Crippen molar-refractivity contribution in [3.05, 3.63) is 24.0 Å². The van der Waals surface area contributed by atoms with Gasteiger partial charge in [-0.3, -0.25) is 4.21 Å². The highest BCUT2D eigenvalue weighted by Crippen LogP contribution is 2.20. The molecule has 2 unspecified atom stereocenters. The van der Waals surface area contributed by atoms with E-state index in [-0.39, 0.29) is 11.9 Å². The molecule has 18 heavy (non-hydrogen) atoms. The molecule has 0 radical (unpaired) electrons. The average Bonchev–Trinajstić information content (AvgIpc) is 2.66. The fourth-order valence-electron chi connectivity index (χ4n) is 1.88. The lowest BCUT2D eigenvalue weighted by molar-refractivity contribution is 0.266. The lowest BCUT2D eigenvalue weighted by Crippen LogP contribution is -2.19. The molecule has 1 aromatic carbocycles. The van der Waals surface area contributed by atoms with Crippen LogP contribution < -0.4 is 5.73 Å². The first-order valence-corrected chi connectivity index (χ1v) is 7.32. The standard InChI is InChI=1S/C12H17N3O2S/c1-8(18(2)17)6-15-11-4-3-9(13)5-10(11)14-12(15)7-16/h3-5,8,16H,6-7,13H2,1-2H3. The van der Waals surface area contributed by atoms with E-state index in [1.807, 2.05) is 17.6 Å². The molecule has 3 N–H and O–H groups in total. The van der Waals surface area contributed by atoms with E-state index in [1.54, 1.807) is 18.4 Å². The molecule has 2 rings (SSSR count). The molecule has 0 fully saturated rings. The molecule has 0 saturated heterocycles. The number of fused-ring (bicyclic) bond motifs is 1. The van der Waals surface area contributed by atoms with Crippen molar-refractivity contribution in [3.8, 4) is 0 Å². The van der Waals surface area contributed by atoms with E-state index in [9.17, 15) is 9.32 Å². The molecule has 0 bridgehead atoms. The van der Waals surface area contributed by atoms with Gasteiger partial charge in [0.15, 0.2) is 0 Å². The van der Waals surface area contributed by atoms with E-state index in [1.165, 1.54) is 0 Å². The smallest absolute Gasteiger partial charge is 0.135 e. The van der Waals surface area contributed by atoms with Gasteiger partial charge in [-0.1, -0.05) is 0 Å². The predicted molar refractivity (Wildman–Crippen MR) is 73.6 cm³/mol. The van der Waals surface area contributed by atoms with Gasteiger partial charge in [-0.25, -0.2) is 4.98 Å². The number of nitrogens with zero attached hydrogens (tertiary/aromatic N) is 2. The number of nitrogen functional groups attached to an aromatic ring is 1. The SMILES string of the molecule is CC(Cn1c(CO)nc2cc(N)ccc21)S(C)=O. The Kier molecular flexibility index (Phi) is 3.68. The molecule has 0 spiro atoms. The second kappa shape index (κ2) is 5.07. The summed E-state index contributed by atoms with van der Waals surface area (Å²) < 4.78 is 13.4. The quantitative estimate of drug-likeness (QED) is 0.806. The Morgan fingerprint density at radius 3 is 2.89 bits per heavy atom. The Hall–Kier alpha value is -1.40. The summed E-state index contributed by atoms with van der Waals surface area (Å²) in [5.41, 5.74) is 8.02. The highest BCUT2D eigenvalue weighted by molar-refractivity contribution is 7.84. The number of hydrogen-bond acceptors (Lipinski definition) is 4. The van der Waals surface area contributed by atoms with Crippen LogP contribution in [0.2, 0.25) is 0 Å². The highest BCUT2D eigenvalue weighted by Gasteiger charge is 2.14. The van der Waals surface area contributed by atoms with Gasteiger partial charge in [-0.05, 0) is 25.1 Å².